The first-order chi connectivity index (χ1) is 7.21. The van der Waals surface area contributed by atoms with Gasteiger partial charge in [-0.3, -0.25) is 0 Å². The Morgan fingerprint density at radius 3 is 2.60 bits per heavy atom. The van der Waals surface area contributed by atoms with Gasteiger partial charge >= 0.3 is 0 Å². The van der Waals surface area contributed by atoms with Gasteiger partial charge in [-0.1, -0.05) is 25.4 Å². The van der Waals surface area contributed by atoms with E-state index in [1.165, 1.54) is 12.8 Å². The molecule has 1 aromatic rings. The molecule has 0 spiro atoms. The Hall–Kier alpha value is -0.760. The van der Waals surface area contributed by atoms with Crippen molar-refractivity contribution >= 4 is 17.4 Å². The largest absolute Gasteiger partial charge is 0.354 e. The monoisotopic (exact) mass is 224 g/mol. The molecule has 2 rings (SSSR count). The summed E-state index contributed by atoms with van der Waals surface area (Å²) >= 11 is 6.11. The summed E-state index contributed by atoms with van der Waals surface area (Å²) in [5.74, 6) is 0.941. The van der Waals surface area contributed by atoms with Gasteiger partial charge in [0, 0.05) is 24.7 Å². The van der Waals surface area contributed by atoms with E-state index >= 15 is 0 Å². The first kappa shape index (κ1) is 10.7. The fourth-order valence-electron chi connectivity index (χ4n) is 2.22. The number of pyridine rings is 1. The molecule has 0 atom stereocenters. The van der Waals surface area contributed by atoms with Crippen molar-refractivity contribution in [3.05, 3.63) is 23.4 Å². The summed E-state index contributed by atoms with van der Waals surface area (Å²) in [6.45, 7) is 6.72. The van der Waals surface area contributed by atoms with Crippen LogP contribution < -0.4 is 4.90 Å². The molecule has 0 aliphatic carbocycles. The average molecular weight is 225 g/mol. The summed E-state index contributed by atoms with van der Waals surface area (Å²) in [4.78, 5) is 6.60. The van der Waals surface area contributed by atoms with Gasteiger partial charge in [0.25, 0.3) is 0 Å². The first-order valence-corrected chi connectivity index (χ1v) is 5.94. The Balaban J connectivity index is 2.09. The van der Waals surface area contributed by atoms with E-state index in [4.69, 9.17) is 11.6 Å². The molecular weight excluding hydrogens is 208 g/mol. The van der Waals surface area contributed by atoms with E-state index in [9.17, 15) is 0 Å². The summed E-state index contributed by atoms with van der Waals surface area (Å²) in [5, 5.41) is 0.762. The van der Waals surface area contributed by atoms with Crippen LogP contribution in [-0.4, -0.2) is 18.1 Å². The smallest absolute Gasteiger partial charge is 0.147 e. The summed E-state index contributed by atoms with van der Waals surface area (Å²) in [6, 6.07) is 3.78. The summed E-state index contributed by atoms with van der Waals surface area (Å²) < 4.78 is 0. The van der Waals surface area contributed by atoms with Crippen LogP contribution in [0.15, 0.2) is 18.3 Å². The van der Waals surface area contributed by atoms with E-state index in [2.05, 4.69) is 23.7 Å². The van der Waals surface area contributed by atoms with Gasteiger partial charge in [0.15, 0.2) is 0 Å². The van der Waals surface area contributed by atoms with Gasteiger partial charge in [0.1, 0.15) is 5.82 Å². The molecule has 1 aromatic heterocycles. The minimum Gasteiger partial charge on any atom is -0.354 e. The zero-order valence-electron chi connectivity index (χ0n) is 9.33. The molecule has 0 bridgehead atoms. The number of nitrogens with zero attached hydrogens (tertiary/aromatic N) is 2. The van der Waals surface area contributed by atoms with Gasteiger partial charge in [-0.15, -0.1) is 0 Å². The standard InChI is InChI=1S/C12H17ClN2/c1-3-12(4-2)8-15(9-12)11-10(13)6-5-7-14-11/h5-7H,3-4,8-9H2,1-2H3. The van der Waals surface area contributed by atoms with Crippen LogP contribution in [0.25, 0.3) is 0 Å². The molecule has 1 saturated heterocycles. The quantitative estimate of drug-likeness (QED) is 0.783. The second-order valence-corrected chi connectivity index (χ2v) is 4.78. The topological polar surface area (TPSA) is 16.1 Å². The highest BCUT2D eigenvalue weighted by molar-refractivity contribution is 6.32. The van der Waals surface area contributed by atoms with E-state index in [0.717, 1.165) is 23.9 Å². The Morgan fingerprint density at radius 1 is 1.40 bits per heavy atom. The maximum Gasteiger partial charge on any atom is 0.147 e. The molecule has 2 heterocycles. The molecule has 1 fully saturated rings. The second-order valence-electron chi connectivity index (χ2n) is 4.37. The molecule has 1 aliphatic rings. The van der Waals surface area contributed by atoms with Crippen LogP contribution >= 0.6 is 11.6 Å². The molecule has 2 nitrogen and oxygen atoms in total. The Labute approximate surface area is 96.3 Å². The third-order valence-electron chi connectivity index (χ3n) is 3.59. The highest BCUT2D eigenvalue weighted by atomic mass is 35.5. The predicted octanol–water partition coefficient (Wildman–Crippen LogP) is 3.36. The van der Waals surface area contributed by atoms with Crippen LogP contribution in [0.4, 0.5) is 5.82 Å². The number of aromatic nitrogens is 1. The van der Waals surface area contributed by atoms with Crippen LogP contribution in [0.1, 0.15) is 26.7 Å². The Morgan fingerprint density at radius 2 is 2.07 bits per heavy atom. The fraction of sp³-hybridized carbons (Fsp3) is 0.583. The maximum absolute atomic E-state index is 6.11. The molecule has 0 radical (unpaired) electrons. The van der Waals surface area contributed by atoms with E-state index in [1.807, 2.05) is 12.1 Å². The summed E-state index contributed by atoms with van der Waals surface area (Å²) in [5.41, 5.74) is 0.501. The average Bonchev–Trinajstić information content (AvgIpc) is 2.20. The van der Waals surface area contributed by atoms with Crippen LogP contribution in [0, 0.1) is 5.41 Å². The first-order valence-electron chi connectivity index (χ1n) is 5.56. The lowest BCUT2D eigenvalue weighted by molar-refractivity contribution is 0.193. The van der Waals surface area contributed by atoms with Crippen molar-refractivity contribution in [1.82, 2.24) is 4.98 Å². The zero-order chi connectivity index (χ0) is 10.9. The van der Waals surface area contributed by atoms with Gasteiger partial charge in [-0.2, -0.15) is 0 Å². The van der Waals surface area contributed by atoms with E-state index in [1.54, 1.807) is 6.20 Å². The fourth-order valence-corrected chi connectivity index (χ4v) is 2.46. The van der Waals surface area contributed by atoms with E-state index in [0.29, 0.717) is 5.41 Å². The van der Waals surface area contributed by atoms with E-state index in [-0.39, 0.29) is 0 Å². The third-order valence-corrected chi connectivity index (χ3v) is 3.89. The highest BCUT2D eigenvalue weighted by Crippen LogP contribution is 2.40. The third kappa shape index (κ3) is 1.83. The highest BCUT2D eigenvalue weighted by Gasteiger charge is 2.40. The molecule has 1 aliphatic heterocycles. The summed E-state index contributed by atoms with van der Waals surface area (Å²) in [6.07, 6.45) is 4.29. The molecule has 0 N–H and O–H groups in total. The van der Waals surface area contributed by atoms with E-state index < -0.39 is 0 Å². The summed E-state index contributed by atoms with van der Waals surface area (Å²) in [7, 11) is 0. The molecule has 0 amide bonds. The molecule has 3 heteroatoms. The molecule has 15 heavy (non-hydrogen) atoms. The van der Waals surface area contributed by atoms with Crippen LogP contribution in [0.5, 0.6) is 0 Å². The number of halogens is 1. The maximum atomic E-state index is 6.11. The van der Waals surface area contributed by atoms with Crippen LogP contribution in [0.3, 0.4) is 0 Å². The van der Waals surface area contributed by atoms with Gasteiger partial charge < -0.3 is 4.90 Å². The normalized spacial score (nSPS) is 18.7. The van der Waals surface area contributed by atoms with Gasteiger partial charge in [0.2, 0.25) is 0 Å². The van der Waals surface area contributed by atoms with Crippen molar-refractivity contribution in [2.75, 3.05) is 18.0 Å². The van der Waals surface area contributed by atoms with Gasteiger partial charge in [-0.25, -0.2) is 4.98 Å². The van der Waals surface area contributed by atoms with Crippen molar-refractivity contribution in [1.29, 1.82) is 0 Å². The van der Waals surface area contributed by atoms with Crippen molar-refractivity contribution in [3.8, 4) is 0 Å². The lowest BCUT2D eigenvalue weighted by Crippen LogP contribution is -2.56. The number of hydrogen-bond donors (Lipinski definition) is 0. The van der Waals surface area contributed by atoms with Crippen LogP contribution in [-0.2, 0) is 0 Å². The van der Waals surface area contributed by atoms with Gasteiger partial charge in [0.05, 0.1) is 5.02 Å². The van der Waals surface area contributed by atoms with Gasteiger partial charge in [-0.05, 0) is 25.0 Å². The Bertz CT molecular complexity index is 339. The molecule has 0 aromatic carbocycles. The zero-order valence-corrected chi connectivity index (χ0v) is 10.1. The number of anilines is 1. The van der Waals surface area contributed by atoms with Crippen molar-refractivity contribution in [2.24, 2.45) is 5.41 Å². The molecule has 0 unspecified atom stereocenters. The van der Waals surface area contributed by atoms with Crippen LogP contribution in [0.2, 0.25) is 5.02 Å². The molecule has 0 saturated carbocycles. The van der Waals surface area contributed by atoms with Crippen molar-refractivity contribution < 1.29 is 0 Å². The second kappa shape index (κ2) is 4.01. The molecular formula is C12H17ClN2. The lowest BCUT2D eigenvalue weighted by atomic mass is 9.75. The predicted molar refractivity (Wildman–Crippen MR) is 64.5 cm³/mol. The van der Waals surface area contributed by atoms with Crippen molar-refractivity contribution in [2.45, 2.75) is 26.7 Å². The Kier molecular flexibility index (Phi) is 2.87. The van der Waals surface area contributed by atoms with Crippen molar-refractivity contribution in [3.63, 3.8) is 0 Å². The number of hydrogen-bond acceptors (Lipinski definition) is 2. The SMILES string of the molecule is CCC1(CC)CN(c2ncccc2Cl)C1. The lowest BCUT2D eigenvalue weighted by Gasteiger charge is -2.50. The minimum atomic E-state index is 0.501. The molecule has 82 valence electrons. The number of rotatable bonds is 3. The minimum absolute atomic E-state index is 0.501.